The van der Waals surface area contributed by atoms with Crippen LogP contribution in [0.2, 0.25) is 0 Å². The molecular weight excluding hydrogens is 198 g/mol. The molecule has 0 saturated carbocycles. The van der Waals surface area contributed by atoms with Crippen LogP contribution in [0.4, 0.5) is 0 Å². The summed E-state index contributed by atoms with van der Waals surface area (Å²) in [5.74, 6) is 4.50. The van der Waals surface area contributed by atoms with Crippen molar-refractivity contribution in [1.29, 1.82) is 0 Å². The van der Waals surface area contributed by atoms with Crippen LogP contribution < -0.4 is 11.4 Å². The Morgan fingerprint density at radius 1 is 1.73 bits per heavy atom. The molecule has 1 heterocycles. The minimum absolute atomic E-state index is 0.235. The number of carbonyl (C=O) groups excluding carboxylic acids is 1. The lowest BCUT2D eigenvalue weighted by Gasteiger charge is -2.25. The number of nitrogens with one attached hydrogen (secondary N) is 1. The summed E-state index contributed by atoms with van der Waals surface area (Å²) in [5, 5.41) is 0. The molecule has 1 rings (SSSR count). The quantitative estimate of drug-likeness (QED) is 0.473. The number of rotatable bonds is 5. The van der Waals surface area contributed by atoms with Crippen LogP contribution in [0.5, 0.6) is 0 Å². The molecule has 0 spiro atoms. The van der Waals surface area contributed by atoms with E-state index in [1.807, 2.05) is 19.6 Å². The van der Waals surface area contributed by atoms with Crippen molar-refractivity contribution in [3.8, 4) is 0 Å². The van der Waals surface area contributed by atoms with Gasteiger partial charge in [0.1, 0.15) is 0 Å². The Kier molecular flexibility index (Phi) is 4.97. The van der Waals surface area contributed by atoms with Crippen LogP contribution in [-0.2, 0) is 14.4 Å². The van der Waals surface area contributed by atoms with Gasteiger partial charge in [-0.25, -0.2) is 5.84 Å². The van der Waals surface area contributed by atoms with E-state index in [0.29, 0.717) is 19.0 Å². The molecule has 88 valence electrons. The Labute approximate surface area is 89.6 Å². The third-order valence-electron chi connectivity index (χ3n) is 2.74. The number of hydrazine groups is 1. The average Bonchev–Trinajstić information content (AvgIpc) is 2.61. The summed E-state index contributed by atoms with van der Waals surface area (Å²) < 4.78 is 5.45. The Bertz CT molecular complexity index is 213. The van der Waals surface area contributed by atoms with E-state index in [1.165, 1.54) is 0 Å². The van der Waals surface area contributed by atoms with Gasteiger partial charge in [0.05, 0.1) is 12.5 Å². The molecule has 0 aromatic carbocycles. The van der Waals surface area contributed by atoms with Gasteiger partial charge in [0.15, 0.2) is 0 Å². The maximum atomic E-state index is 11.0. The summed E-state index contributed by atoms with van der Waals surface area (Å²) in [6.07, 6.45) is 1.57. The molecule has 0 bridgehead atoms. The largest absolute Gasteiger partial charge is 0.377 e. The molecule has 1 fully saturated rings. The second-order valence-corrected chi connectivity index (χ2v) is 3.75. The first-order valence-electron chi connectivity index (χ1n) is 5.12. The van der Waals surface area contributed by atoms with Gasteiger partial charge in [-0.3, -0.25) is 4.79 Å². The maximum Gasteiger partial charge on any atom is 0.327 e. The van der Waals surface area contributed by atoms with Gasteiger partial charge in [0, 0.05) is 19.2 Å². The lowest BCUT2D eigenvalue weighted by atomic mass is 10.1. The van der Waals surface area contributed by atoms with E-state index in [1.54, 1.807) is 0 Å². The van der Waals surface area contributed by atoms with Gasteiger partial charge in [-0.05, 0) is 20.4 Å². The van der Waals surface area contributed by atoms with Gasteiger partial charge in [-0.15, -0.1) is 0 Å². The summed E-state index contributed by atoms with van der Waals surface area (Å²) in [6.45, 7) is 3.50. The van der Waals surface area contributed by atoms with Gasteiger partial charge in [0.2, 0.25) is 0 Å². The number of nitrogens with two attached hydrogens (primary N) is 1. The standard InChI is InChI=1S/C9H19N3O3/c1-7-8(4-6-14-7)12(2)5-3-9(13)15-11-10/h7-8,11H,3-6,10H2,1-2H3. The zero-order valence-corrected chi connectivity index (χ0v) is 9.23. The molecule has 1 aliphatic heterocycles. The summed E-state index contributed by atoms with van der Waals surface area (Å²) in [7, 11) is 1.99. The monoisotopic (exact) mass is 217 g/mol. The highest BCUT2D eigenvalue weighted by molar-refractivity contribution is 5.69. The Balaban J connectivity index is 2.23. The smallest absolute Gasteiger partial charge is 0.327 e. The predicted octanol–water partition coefficient (Wildman–Crippen LogP) is -0.593. The SMILES string of the molecule is CC1OCCC1N(C)CCC(=O)ONN. The van der Waals surface area contributed by atoms with Crippen LogP contribution in [0.25, 0.3) is 0 Å². The van der Waals surface area contributed by atoms with E-state index < -0.39 is 0 Å². The molecule has 6 heteroatoms. The first-order chi connectivity index (χ1) is 7.15. The molecule has 0 radical (unpaired) electrons. The number of carbonyl (C=O) groups is 1. The molecule has 2 atom stereocenters. The third-order valence-corrected chi connectivity index (χ3v) is 2.74. The molecule has 1 aliphatic rings. The summed E-state index contributed by atoms with van der Waals surface area (Å²) in [5.41, 5.74) is 1.88. The van der Waals surface area contributed by atoms with Gasteiger partial charge >= 0.3 is 5.97 Å². The van der Waals surface area contributed by atoms with Crippen molar-refractivity contribution < 1.29 is 14.4 Å². The third kappa shape index (κ3) is 3.75. The van der Waals surface area contributed by atoms with Crippen molar-refractivity contribution in [2.24, 2.45) is 5.84 Å². The van der Waals surface area contributed by atoms with Crippen LogP contribution in [-0.4, -0.2) is 43.2 Å². The van der Waals surface area contributed by atoms with E-state index in [9.17, 15) is 4.79 Å². The minimum atomic E-state index is -0.351. The van der Waals surface area contributed by atoms with Crippen molar-refractivity contribution in [3.05, 3.63) is 0 Å². The number of hydrogen-bond acceptors (Lipinski definition) is 6. The van der Waals surface area contributed by atoms with E-state index in [2.05, 4.69) is 9.74 Å². The van der Waals surface area contributed by atoms with Crippen LogP contribution in [0.3, 0.4) is 0 Å². The highest BCUT2D eigenvalue weighted by Crippen LogP contribution is 2.18. The minimum Gasteiger partial charge on any atom is -0.377 e. The number of ether oxygens (including phenoxy) is 1. The highest BCUT2D eigenvalue weighted by Gasteiger charge is 2.27. The number of nitrogens with zero attached hydrogens (tertiary/aromatic N) is 1. The van der Waals surface area contributed by atoms with Gasteiger partial charge in [0.25, 0.3) is 0 Å². The maximum absolute atomic E-state index is 11.0. The highest BCUT2D eigenvalue weighted by atomic mass is 16.7. The van der Waals surface area contributed by atoms with E-state index in [-0.39, 0.29) is 12.1 Å². The summed E-state index contributed by atoms with van der Waals surface area (Å²) in [4.78, 5) is 17.6. The zero-order valence-electron chi connectivity index (χ0n) is 9.23. The van der Waals surface area contributed by atoms with Gasteiger partial charge < -0.3 is 14.5 Å². The molecule has 0 amide bonds. The summed E-state index contributed by atoms with van der Waals surface area (Å²) >= 11 is 0. The molecule has 6 nitrogen and oxygen atoms in total. The lowest BCUT2D eigenvalue weighted by molar-refractivity contribution is -0.151. The van der Waals surface area contributed by atoms with E-state index in [4.69, 9.17) is 10.6 Å². The first-order valence-corrected chi connectivity index (χ1v) is 5.12. The Morgan fingerprint density at radius 3 is 3.00 bits per heavy atom. The van der Waals surface area contributed by atoms with Crippen molar-refractivity contribution >= 4 is 5.97 Å². The molecule has 3 N–H and O–H groups in total. The molecule has 0 aromatic rings. The predicted molar refractivity (Wildman–Crippen MR) is 54.5 cm³/mol. The first kappa shape index (κ1) is 12.4. The van der Waals surface area contributed by atoms with Crippen LogP contribution in [0, 0.1) is 0 Å². The van der Waals surface area contributed by atoms with Gasteiger partial charge in [-0.1, -0.05) is 5.59 Å². The molecule has 1 saturated heterocycles. The summed E-state index contributed by atoms with van der Waals surface area (Å²) in [6, 6.07) is 0.392. The molecule has 15 heavy (non-hydrogen) atoms. The Hall–Kier alpha value is -0.690. The van der Waals surface area contributed by atoms with E-state index >= 15 is 0 Å². The molecule has 0 aliphatic carbocycles. The van der Waals surface area contributed by atoms with Crippen molar-refractivity contribution in [1.82, 2.24) is 10.5 Å². The van der Waals surface area contributed by atoms with Crippen LogP contribution in [0.15, 0.2) is 0 Å². The van der Waals surface area contributed by atoms with Gasteiger partial charge in [-0.2, -0.15) is 0 Å². The molecule has 2 unspecified atom stereocenters. The topological polar surface area (TPSA) is 76.8 Å². The Morgan fingerprint density at radius 2 is 2.47 bits per heavy atom. The fourth-order valence-electron chi connectivity index (χ4n) is 1.85. The lowest BCUT2D eigenvalue weighted by Crippen LogP contribution is -2.38. The molecule has 0 aromatic heterocycles. The number of hydrogen-bond donors (Lipinski definition) is 2. The fourth-order valence-corrected chi connectivity index (χ4v) is 1.85. The second kappa shape index (κ2) is 6.02. The van der Waals surface area contributed by atoms with Crippen molar-refractivity contribution in [2.45, 2.75) is 31.9 Å². The second-order valence-electron chi connectivity index (χ2n) is 3.75. The van der Waals surface area contributed by atoms with Crippen LogP contribution >= 0.6 is 0 Å². The fraction of sp³-hybridized carbons (Fsp3) is 0.889. The van der Waals surface area contributed by atoms with Crippen LogP contribution in [0.1, 0.15) is 19.8 Å². The molecular formula is C9H19N3O3. The zero-order chi connectivity index (χ0) is 11.3. The number of likely N-dealkylation sites (N-methyl/N-ethyl adjacent to an activating group) is 1. The van der Waals surface area contributed by atoms with E-state index in [0.717, 1.165) is 13.0 Å². The normalized spacial score (nSPS) is 25.9. The average molecular weight is 217 g/mol. The van der Waals surface area contributed by atoms with Crippen molar-refractivity contribution in [2.75, 3.05) is 20.2 Å². The van der Waals surface area contributed by atoms with Crippen molar-refractivity contribution in [3.63, 3.8) is 0 Å².